The van der Waals surface area contributed by atoms with Gasteiger partial charge in [0.1, 0.15) is 6.04 Å². The molecule has 6 nitrogen and oxygen atoms in total. The SMILES string of the molecule is CC[C@@H](NC(=O)c1ccc(NC(C)=O)s1)C(=O)O. The highest BCUT2D eigenvalue weighted by Crippen LogP contribution is 2.21. The van der Waals surface area contributed by atoms with Crippen molar-refractivity contribution in [3.8, 4) is 0 Å². The van der Waals surface area contributed by atoms with Crippen LogP contribution in [0.1, 0.15) is 29.9 Å². The molecule has 18 heavy (non-hydrogen) atoms. The normalized spacial score (nSPS) is 11.7. The molecule has 0 aromatic carbocycles. The highest BCUT2D eigenvalue weighted by molar-refractivity contribution is 7.18. The number of nitrogens with one attached hydrogen (secondary N) is 2. The van der Waals surface area contributed by atoms with Gasteiger partial charge in [-0.2, -0.15) is 0 Å². The summed E-state index contributed by atoms with van der Waals surface area (Å²) in [7, 11) is 0. The summed E-state index contributed by atoms with van der Waals surface area (Å²) in [5.74, 6) is -1.74. The second kappa shape index (κ2) is 6.15. The Hall–Kier alpha value is -1.89. The van der Waals surface area contributed by atoms with Crippen LogP contribution in [-0.4, -0.2) is 28.9 Å². The number of carbonyl (C=O) groups is 3. The summed E-state index contributed by atoms with van der Waals surface area (Å²) in [5, 5.41) is 14.3. The van der Waals surface area contributed by atoms with E-state index in [1.807, 2.05) is 0 Å². The molecule has 0 aliphatic carbocycles. The van der Waals surface area contributed by atoms with E-state index in [-0.39, 0.29) is 5.91 Å². The molecule has 1 aromatic rings. The summed E-state index contributed by atoms with van der Waals surface area (Å²) in [4.78, 5) is 33.7. The number of thiophene rings is 1. The molecule has 2 amide bonds. The Kier molecular flexibility index (Phi) is 4.85. The predicted molar refractivity (Wildman–Crippen MR) is 67.8 cm³/mol. The fourth-order valence-electron chi connectivity index (χ4n) is 1.27. The fourth-order valence-corrected chi connectivity index (χ4v) is 2.12. The van der Waals surface area contributed by atoms with Gasteiger partial charge in [0.15, 0.2) is 0 Å². The Morgan fingerprint density at radius 2 is 2.06 bits per heavy atom. The van der Waals surface area contributed by atoms with Crippen LogP contribution < -0.4 is 10.6 Å². The molecule has 1 atom stereocenters. The molecular formula is C11H14N2O4S. The van der Waals surface area contributed by atoms with E-state index in [9.17, 15) is 14.4 Å². The number of hydrogen-bond acceptors (Lipinski definition) is 4. The maximum Gasteiger partial charge on any atom is 0.326 e. The Morgan fingerprint density at radius 3 is 2.56 bits per heavy atom. The highest BCUT2D eigenvalue weighted by Gasteiger charge is 2.19. The van der Waals surface area contributed by atoms with Gasteiger partial charge in [0.2, 0.25) is 5.91 Å². The number of carboxylic acids is 1. The molecule has 1 rings (SSSR count). The van der Waals surface area contributed by atoms with Crippen LogP contribution in [-0.2, 0) is 9.59 Å². The summed E-state index contributed by atoms with van der Waals surface area (Å²) in [5.41, 5.74) is 0. The lowest BCUT2D eigenvalue weighted by atomic mass is 10.2. The first kappa shape index (κ1) is 14.2. The van der Waals surface area contributed by atoms with Gasteiger partial charge in [-0.1, -0.05) is 6.92 Å². The zero-order valence-electron chi connectivity index (χ0n) is 10.0. The van der Waals surface area contributed by atoms with Gasteiger partial charge in [0.05, 0.1) is 9.88 Å². The third-order valence-electron chi connectivity index (χ3n) is 2.14. The van der Waals surface area contributed by atoms with Crippen LogP contribution in [0.3, 0.4) is 0 Å². The van der Waals surface area contributed by atoms with E-state index in [2.05, 4.69) is 10.6 Å². The van der Waals surface area contributed by atoms with Gasteiger partial charge in [0, 0.05) is 6.92 Å². The van der Waals surface area contributed by atoms with E-state index in [4.69, 9.17) is 5.11 Å². The molecule has 0 radical (unpaired) electrons. The molecule has 0 fully saturated rings. The Bertz CT molecular complexity index is 469. The van der Waals surface area contributed by atoms with Gasteiger partial charge in [0.25, 0.3) is 5.91 Å². The van der Waals surface area contributed by atoms with Crippen LogP contribution in [0.4, 0.5) is 5.00 Å². The zero-order chi connectivity index (χ0) is 13.7. The van der Waals surface area contributed by atoms with Crippen molar-refractivity contribution in [3.63, 3.8) is 0 Å². The zero-order valence-corrected chi connectivity index (χ0v) is 10.8. The molecule has 98 valence electrons. The minimum absolute atomic E-state index is 0.222. The van der Waals surface area contributed by atoms with E-state index >= 15 is 0 Å². The number of rotatable bonds is 5. The van der Waals surface area contributed by atoms with Crippen LogP contribution in [0.25, 0.3) is 0 Å². The monoisotopic (exact) mass is 270 g/mol. The van der Waals surface area contributed by atoms with Crippen molar-refractivity contribution < 1.29 is 19.5 Å². The molecule has 0 aliphatic rings. The highest BCUT2D eigenvalue weighted by atomic mass is 32.1. The average molecular weight is 270 g/mol. The quantitative estimate of drug-likeness (QED) is 0.751. The molecule has 0 bridgehead atoms. The third-order valence-corrected chi connectivity index (χ3v) is 3.14. The lowest BCUT2D eigenvalue weighted by Gasteiger charge is -2.10. The van der Waals surface area contributed by atoms with Crippen molar-refractivity contribution in [2.45, 2.75) is 26.3 Å². The van der Waals surface area contributed by atoms with E-state index < -0.39 is 17.9 Å². The Labute approximate surface area is 108 Å². The van der Waals surface area contributed by atoms with Crippen molar-refractivity contribution in [3.05, 3.63) is 17.0 Å². The smallest absolute Gasteiger partial charge is 0.326 e. The maximum absolute atomic E-state index is 11.7. The second-order valence-electron chi connectivity index (χ2n) is 3.62. The number of anilines is 1. The van der Waals surface area contributed by atoms with Crippen molar-refractivity contribution in [1.29, 1.82) is 0 Å². The van der Waals surface area contributed by atoms with Gasteiger partial charge in [-0.15, -0.1) is 11.3 Å². The summed E-state index contributed by atoms with van der Waals surface area (Å²) in [6.45, 7) is 3.05. The van der Waals surface area contributed by atoms with Gasteiger partial charge in [-0.05, 0) is 18.6 Å². The van der Waals surface area contributed by atoms with Gasteiger partial charge >= 0.3 is 5.97 Å². The number of aliphatic carboxylic acids is 1. The third kappa shape index (κ3) is 3.85. The first-order valence-corrected chi connectivity index (χ1v) is 6.16. The molecule has 0 unspecified atom stereocenters. The summed E-state index contributed by atoms with van der Waals surface area (Å²) in [6, 6.07) is 2.24. The van der Waals surface area contributed by atoms with Crippen molar-refractivity contribution in [2.24, 2.45) is 0 Å². The van der Waals surface area contributed by atoms with E-state index in [0.717, 1.165) is 11.3 Å². The molecule has 1 aromatic heterocycles. The summed E-state index contributed by atoms with van der Waals surface area (Å²) >= 11 is 1.10. The average Bonchev–Trinajstić information content (AvgIpc) is 2.72. The molecule has 0 saturated heterocycles. The number of carboxylic acid groups (broad SMARTS) is 1. The maximum atomic E-state index is 11.7. The first-order chi connectivity index (χ1) is 8.43. The molecule has 0 saturated carbocycles. The number of amides is 2. The van der Waals surface area contributed by atoms with E-state index in [0.29, 0.717) is 16.3 Å². The molecule has 0 aliphatic heterocycles. The van der Waals surface area contributed by atoms with Gasteiger partial charge in [-0.25, -0.2) is 4.79 Å². The standard InChI is InChI=1S/C11H14N2O4S/c1-3-7(11(16)17)13-10(15)8-4-5-9(18-8)12-6(2)14/h4-5,7H,3H2,1-2H3,(H,12,14)(H,13,15)(H,16,17)/t7-/m1/s1. The topological polar surface area (TPSA) is 95.5 Å². The summed E-state index contributed by atoms with van der Waals surface area (Å²) < 4.78 is 0. The van der Waals surface area contributed by atoms with Gasteiger partial charge < -0.3 is 15.7 Å². The van der Waals surface area contributed by atoms with Gasteiger partial charge in [-0.3, -0.25) is 9.59 Å². The molecule has 3 N–H and O–H groups in total. The largest absolute Gasteiger partial charge is 0.480 e. The minimum atomic E-state index is -1.07. The minimum Gasteiger partial charge on any atom is -0.480 e. The molecular weight excluding hydrogens is 256 g/mol. The van der Waals surface area contributed by atoms with Crippen molar-refractivity contribution >= 4 is 34.1 Å². The fraction of sp³-hybridized carbons (Fsp3) is 0.364. The summed E-state index contributed by atoms with van der Waals surface area (Å²) in [6.07, 6.45) is 0.311. The van der Waals surface area contributed by atoms with Crippen LogP contribution in [0.2, 0.25) is 0 Å². The van der Waals surface area contributed by atoms with E-state index in [1.165, 1.54) is 6.92 Å². The van der Waals surface area contributed by atoms with E-state index in [1.54, 1.807) is 19.1 Å². The predicted octanol–water partition coefficient (Wildman–Crippen LogP) is 1.30. The van der Waals surface area contributed by atoms with Crippen molar-refractivity contribution in [2.75, 3.05) is 5.32 Å². The molecule has 0 spiro atoms. The van der Waals surface area contributed by atoms with Crippen LogP contribution >= 0.6 is 11.3 Å². The Balaban J connectivity index is 2.69. The van der Waals surface area contributed by atoms with Crippen molar-refractivity contribution in [1.82, 2.24) is 5.32 Å². The lowest BCUT2D eigenvalue weighted by Crippen LogP contribution is -2.39. The molecule has 1 heterocycles. The van der Waals surface area contributed by atoms with Crippen LogP contribution in [0.15, 0.2) is 12.1 Å². The number of hydrogen-bond donors (Lipinski definition) is 3. The number of carbonyl (C=O) groups excluding carboxylic acids is 2. The first-order valence-electron chi connectivity index (χ1n) is 5.35. The lowest BCUT2D eigenvalue weighted by molar-refractivity contribution is -0.139. The van der Waals surface area contributed by atoms with Crippen LogP contribution in [0, 0.1) is 0 Å². The van der Waals surface area contributed by atoms with Crippen LogP contribution in [0.5, 0.6) is 0 Å². The second-order valence-corrected chi connectivity index (χ2v) is 4.70. The Morgan fingerprint density at radius 1 is 1.39 bits per heavy atom. The molecule has 7 heteroatoms.